The van der Waals surface area contributed by atoms with Crippen LogP contribution in [0.4, 0.5) is 5.13 Å². The average molecular weight is 418 g/mol. The molecule has 0 aliphatic heterocycles. The zero-order valence-corrected chi connectivity index (χ0v) is 18.8. The first kappa shape index (κ1) is 22.3. The molecule has 0 atom stereocenters. The zero-order valence-electron chi connectivity index (χ0n) is 17.2. The van der Waals surface area contributed by atoms with Gasteiger partial charge in [0.25, 0.3) is 0 Å². The van der Waals surface area contributed by atoms with Gasteiger partial charge in [0.2, 0.25) is 5.91 Å². The number of thiazole rings is 1. The number of rotatable bonds is 6. The van der Waals surface area contributed by atoms with E-state index >= 15 is 0 Å². The molecule has 150 valence electrons. The lowest BCUT2D eigenvalue weighted by Crippen LogP contribution is -2.37. The van der Waals surface area contributed by atoms with Crippen LogP contribution in [0.2, 0.25) is 0 Å². The van der Waals surface area contributed by atoms with Crippen LogP contribution in [0.3, 0.4) is 0 Å². The molecule has 0 saturated heterocycles. The number of anilines is 1. The third-order valence-corrected chi connectivity index (χ3v) is 5.86. The number of halogens is 1. The van der Waals surface area contributed by atoms with Crippen molar-refractivity contribution in [1.29, 1.82) is 0 Å². The van der Waals surface area contributed by atoms with Gasteiger partial charge in [0.1, 0.15) is 0 Å². The second-order valence-corrected chi connectivity index (χ2v) is 8.37. The van der Waals surface area contributed by atoms with E-state index in [1.54, 1.807) is 11.3 Å². The highest BCUT2D eigenvalue weighted by Crippen LogP contribution is 2.32. The van der Waals surface area contributed by atoms with Gasteiger partial charge in [0, 0.05) is 13.1 Å². The minimum absolute atomic E-state index is 0. The molecule has 1 heterocycles. The summed E-state index contributed by atoms with van der Waals surface area (Å²) >= 11 is 1.60. The van der Waals surface area contributed by atoms with Crippen LogP contribution in [0, 0.1) is 20.8 Å². The van der Waals surface area contributed by atoms with Crippen molar-refractivity contribution in [1.82, 2.24) is 9.88 Å². The summed E-state index contributed by atoms with van der Waals surface area (Å²) in [6.07, 6.45) is 0.392. The van der Waals surface area contributed by atoms with E-state index in [9.17, 15) is 4.79 Å². The zero-order chi connectivity index (χ0) is 19.6. The molecule has 0 spiro atoms. The van der Waals surface area contributed by atoms with Crippen LogP contribution in [0.15, 0.2) is 36.4 Å². The van der Waals surface area contributed by atoms with Crippen LogP contribution < -0.4 is 4.90 Å². The number of nitrogens with zero attached hydrogens (tertiary/aromatic N) is 3. The monoisotopic (exact) mass is 417 g/mol. The van der Waals surface area contributed by atoms with Gasteiger partial charge in [0.05, 0.1) is 16.6 Å². The van der Waals surface area contributed by atoms with Gasteiger partial charge >= 0.3 is 0 Å². The SMILES string of the molecule is Cc1cccc(CC(=O)N(CCN(C)C)c2nc3c(C)c(C)ccc3s2)c1.Cl. The number of benzene rings is 2. The number of aryl methyl sites for hydroxylation is 3. The summed E-state index contributed by atoms with van der Waals surface area (Å²) in [7, 11) is 4.05. The van der Waals surface area contributed by atoms with E-state index in [1.165, 1.54) is 16.7 Å². The van der Waals surface area contributed by atoms with Gasteiger partial charge in [-0.05, 0) is 57.6 Å². The summed E-state index contributed by atoms with van der Waals surface area (Å²) in [6.45, 7) is 7.68. The first-order valence-electron chi connectivity index (χ1n) is 9.22. The van der Waals surface area contributed by atoms with Crippen LogP contribution in [-0.2, 0) is 11.2 Å². The predicted molar refractivity (Wildman–Crippen MR) is 122 cm³/mol. The number of carbonyl (C=O) groups excluding carboxylic acids is 1. The van der Waals surface area contributed by atoms with Crippen molar-refractivity contribution in [3.63, 3.8) is 0 Å². The summed E-state index contributed by atoms with van der Waals surface area (Å²) in [5, 5.41) is 0.790. The molecule has 0 bridgehead atoms. The number of fused-ring (bicyclic) bond motifs is 1. The van der Waals surface area contributed by atoms with E-state index in [4.69, 9.17) is 4.98 Å². The van der Waals surface area contributed by atoms with Gasteiger partial charge in [0.15, 0.2) is 5.13 Å². The minimum atomic E-state index is 0. The fraction of sp³-hybridized carbons (Fsp3) is 0.364. The Morgan fingerprint density at radius 1 is 1.07 bits per heavy atom. The molecule has 0 fully saturated rings. The Morgan fingerprint density at radius 3 is 2.50 bits per heavy atom. The first-order valence-corrected chi connectivity index (χ1v) is 10.0. The number of hydrogen-bond acceptors (Lipinski definition) is 4. The van der Waals surface area contributed by atoms with Crippen LogP contribution in [0.5, 0.6) is 0 Å². The minimum Gasteiger partial charge on any atom is -0.308 e. The van der Waals surface area contributed by atoms with E-state index in [-0.39, 0.29) is 18.3 Å². The maximum absolute atomic E-state index is 13.1. The lowest BCUT2D eigenvalue weighted by atomic mass is 10.1. The summed E-state index contributed by atoms with van der Waals surface area (Å²) in [4.78, 5) is 21.9. The third kappa shape index (κ3) is 5.10. The Bertz CT molecular complexity index is 968. The normalized spacial score (nSPS) is 10.9. The van der Waals surface area contributed by atoms with Crippen molar-refractivity contribution in [2.45, 2.75) is 27.2 Å². The smallest absolute Gasteiger partial charge is 0.233 e. The molecule has 28 heavy (non-hydrogen) atoms. The Balaban J connectivity index is 0.00000280. The Morgan fingerprint density at radius 2 is 1.82 bits per heavy atom. The number of aromatic nitrogens is 1. The molecule has 0 aliphatic carbocycles. The van der Waals surface area contributed by atoms with Gasteiger partial charge in [-0.1, -0.05) is 47.2 Å². The molecule has 1 amide bonds. The van der Waals surface area contributed by atoms with Crippen molar-refractivity contribution in [2.75, 3.05) is 32.1 Å². The van der Waals surface area contributed by atoms with Gasteiger partial charge in [-0.25, -0.2) is 4.98 Å². The fourth-order valence-electron chi connectivity index (χ4n) is 3.05. The van der Waals surface area contributed by atoms with E-state index in [0.29, 0.717) is 13.0 Å². The summed E-state index contributed by atoms with van der Waals surface area (Å²) in [6, 6.07) is 12.4. The van der Waals surface area contributed by atoms with Gasteiger partial charge in [-0.3, -0.25) is 9.69 Å². The maximum Gasteiger partial charge on any atom is 0.233 e. The summed E-state index contributed by atoms with van der Waals surface area (Å²) < 4.78 is 1.13. The van der Waals surface area contributed by atoms with E-state index in [2.05, 4.69) is 49.9 Å². The van der Waals surface area contributed by atoms with Crippen LogP contribution in [0.25, 0.3) is 10.2 Å². The van der Waals surface area contributed by atoms with Crippen molar-refractivity contribution in [3.8, 4) is 0 Å². The molecule has 0 saturated carbocycles. The quantitative estimate of drug-likeness (QED) is 0.579. The van der Waals surface area contributed by atoms with Crippen LogP contribution >= 0.6 is 23.7 Å². The highest BCUT2D eigenvalue weighted by molar-refractivity contribution is 7.22. The third-order valence-electron chi connectivity index (χ3n) is 4.81. The number of likely N-dealkylation sites (N-methyl/N-ethyl adjacent to an activating group) is 1. The Hall–Kier alpha value is -1.95. The van der Waals surface area contributed by atoms with Gasteiger partial charge in [-0.15, -0.1) is 12.4 Å². The van der Waals surface area contributed by atoms with E-state index in [0.717, 1.165) is 27.5 Å². The molecule has 3 rings (SSSR count). The molecule has 6 heteroatoms. The predicted octanol–water partition coefficient (Wildman–Crippen LogP) is 4.78. The summed E-state index contributed by atoms with van der Waals surface area (Å²) in [5.41, 5.74) is 5.64. The number of amides is 1. The van der Waals surface area contributed by atoms with Crippen molar-refractivity contribution in [2.24, 2.45) is 0 Å². The van der Waals surface area contributed by atoms with Gasteiger partial charge < -0.3 is 4.90 Å². The lowest BCUT2D eigenvalue weighted by molar-refractivity contribution is -0.118. The molecule has 3 aromatic rings. The molecule has 0 N–H and O–H groups in total. The van der Waals surface area contributed by atoms with E-state index in [1.807, 2.05) is 31.1 Å². The highest BCUT2D eigenvalue weighted by Gasteiger charge is 2.21. The molecular weight excluding hydrogens is 390 g/mol. The average Bonchev–Trinajstić information content (AvgIpc) is 3.03. The van der Waals surface area contributed by atoms with Crippen molar-refractivity contribution >= 4 is 45.0 Å². The maximum atomic E-state index is 13.1. The molecular formula is C22H28ClN3OS. The molecule has 0 unspecified atom stereocenters. The standard InChI is InChI=1S/C22H27N3OS.ClH/c1-15-7-6-8-18(13-15)14-20(26)25(12-11-24(4)5)22-23-21-17(3)16(2)9-10-19(21)27-22;/h6-10,13H,11-12,14H2,1-5H3;1H. The van der Waals surface area contributed by atoms with Crippen LogP contribution in [-0.4, -0.2) is 43.0 Å². The topological polar surface area (TPSA) is 36.4 Å². The van der Waals surface area contributed by atoms with Crippen molar-refractivity contribution < 1.29 is 4.79 Å². The molecule has 1 aromatic heterocycles. The Kier molecular flexibility index (Phi) is 7.58. The second-order valence-electron chi connectivity index (χ2n) is 7.37. The summed E-state index contributed by atoms with van der Waals surface area (Å²) in [5.74, 6) is 0.0934. The van der Waals surface area contributed by atoms with E-state index < -0.39 is 0 Å². The molecule has 0 radical (unpaired) electrons. The highest BCUT2D eigenvalue weighted by atomic mass is 35.5. The molecule has 4 nitrogen and oxygen atoms in total. The Labute approximate surface area is 177 Å². The molecule has 0 aliphatic rings. The largest absolute Gasteiger partial charge is 0.308 e. The lowest BCUT2D eigenvalue weighted by Gasteiger charge is -2.22. The first-order chi connectivity index (χ1) is 12.8. The fourth-order valence-corrected chi connectivity index (χ4v) is 4.12. The molecule has 2 aromatic carbocycles. The number of hydrogen-bond donors (Lipinski definition) is 0. The van der Waals surface area contributed by atoms with Crippen molar-refractivity contribution in [3.05, 3.63) is 58.7 Å². The number of carbonyl (C=O) groups is 1. The van der Waals surface area contributed by atoms with Crippen LogP contribution in [0.1, 0.15) is 22.3 Å². The second kappa shape index (κ2) is 9.50. The van der Waals surface area contributed by atoms with Gasteiger partial charge in [-0.2, -0.15) is 0 Å².